The molecule has 1 spiro atoms. The first-order valence-electron chi connectivity index (χ1n) is 7.20. The van der Waals surface area contributed by atoms with E-state index in [4.69, 9.17) is 4.74 Å². The highest BCUT2D eigenvalue weighted by Crippen LogP contribution is 2.38. The van der Waals surface area contributed by atoms with Crippen LogP contribution in [-0.2, 0) is 14.9 Å². The molecule has 3 rings (SSSR count). The fraction of sp³-hybridized carbons (Fsp3) is 1.00. The van der Waals surface area contributed by atoms with Gasteiger partial charge in [-0.05, 0) is 38.6 Å². The molecular weight excluding hydrogens is 266 g/mol. The fourth-order valence-corrected chi connectivity index (χ4v) is 4.72. The maximum absolute atomic E-state index is 12.3. The first kappa shape index (κ1) is 13.8. The molecular formula is C12H23N3O3S. The summed E-state index contributed by atoms with van der Waals surface area (Å²) in [5, 5.41) is 3.56. The van der Waals surface area contributed by atoms with Crippen LogP contribution in [0.25, 0.3) is 0 Å². The van der Waals surface area contributed by atoms with Crippen LogP contribution in [0.4, 0.5) is 0 Å². The van der Waals surface area contributed by atoms with Gasteiger partial charge in [0.2, 0.25) is 0 Å². The Hall–Kier alpha value is -0.210. The quantitative estimate of drug-likeness (QED) is 0.757. The van der Waals surface area contributed by atoms with Gasteiger partial charge in [0.05, 0.1) is 13.2 Å². The van der Waals surface area contributed by atoms with E-state index in [2.05, 4.69) is 10.0 Å². The average molecular weight is 289 g/mol. The lowest BCUT2D eigenvalue weighted by molar-refractivity contribution is 0.0715. The van der Waals surface area contributed by atoms with E-state index in [1.807, 2.05) is 0 Å². The summed E-state index contributed by atoms with van der Waals surface area (Å²) >= 11 is 0. The zero-order valence-corrected chi connectivity index (χ0v) is 12.0. The average Bonchev–Trinajstić information content (AvgIpc) is 2.38. The third-order valence-electron chi connectivity index (χ3n) is 4.57. The summed E-state index contributed by atoms with van der Waals surface area (Å²) in [4.78, 5) is 0. The maximum atomic E-state index is 12.3. The topological polar surface area (TPSA) is 70.7 Å². The van der Waals surface area contributed by atoms with Crippen molar-refractivity contribution in [1.82, 2.24) is 14.3 Å². The number of piperidine rings is 1. The van der Waals surface area contributed by atoms with Crippen molar-refractivity contribution in [3.63, 3.8) is 0 Å². The highest BCUT2D eigenvalue weighted by Gasteiger charge is 2.42. The Morgan fingerprint density at radius 2 is 2.00 bits per heavy atom. The van der Waals surface area contributed by atoms with Gasteiger partial charge in [0, 0.05) is 24.7 Å². The molecule has 1 aliphatic carbocycles. The van der Waals surface area contributed by atoms with Gasteiger partial charge in [-0.2, -0.15) is 17.4 Å². The van der Waals surface area contributed by atoms with Gasteiger partial charge in [-0.3, -0.25) is 0 Å². The minimum Gasteiger partial charge on any atom is -0.379 e. The van der Waals surface area contributed by atoms with E-state index in [-0.39, 0.29) is 11.6 Å². The summed E-state index contributed by atoms with van der Waals surface area (Å²) in [5.74, 6) is 0. The molecule has 7 heteroatoms. The Morgan fingerprint density at radius 3 is 2.63 bits per heavy atom. The predicted octanol–water partition coefficient (Wildman–Crippen LogP) is -0.172. The predicted molar refractivity (Wildman–Crippen MR) is 72.1 cm³/mol. The van der Waals surface area contributed by atoms with Crippen LogP contribution in [0.3, 0.4) is 0 Å². The van der Waals surface area contributed by atoms with Crippen LogP contribution in [0.2, 0.25) is 0 Å². The van der Waals surface area contributed by atoms with Crippen molar-refractivity contribution < 1.29 is 13.2 Å². The Balaban J connectivity index is 1.60. The summed E-state index contributed by atoms with van der Waals surface area (Å²) in [7, 11) is -3.34. The van der Waals surface area contributed by atoms with Crippen molar-refractivity contribution in [2.75, 3.05) is 32.8 Å². The number of hydrogen-bond donors (Lipinski definition) is 2. The second-order valence-corrected chi connectivity index (χ2v) is 7.59. The fourth-order valence-electron chi connectivity index (χ4n) is 3.31. The maximum Gasteiger partial charge on any atom is 0.279 e. The van der Waals surface area contributed by atoms with Crippen molar-refractivity contribution >= 4 is 10.2 Å². The minimum atomic E-state index is -3.34. The first-order chi connectivity index (χ1) is 9.10. The van der Waals surface area contributed by atoms with Crippen LogP contribution < -0.4 is 10.0 Å². The van der Waals surface area contributed by atoms with Gasteiger partial charge in [0.1, 0.15) is 0 Å². The van der Waals surface area contributed by atoms with Gasteiger partial charge in [-0.25, -0.2) is 0 Å². The summed E-state index contributed by atoms with van der Waals surface area (Å²) in [6.45, 7) is 2.83. The summed E-state index contributed by atoms with van der Waals surface area (Å²) in [6.07, 6.45) is 5.43. The van der Waals surface area contributed by atoms with Gasteiger partial charge in [-0.15, -0.1) is 0 Å². The molecule has 1 saturated carbocycles. The van der Waals surface area contributed by atoms with Crippen LogP contribution in [-0.4, -0.2) is 57.2 Å². The van der Waals surface area contributed by atoms with E-state index >= 15 is 0 Å². The Morgan fingerprint density at radius 1 is 1.26 bits per heavy atom. The van der Waals surface area contributed by atoms with Crippen LogP contribution in [0, 0.1) is 0 Å². The molecule has 0 radical (unpaired) electrons. The SMILES string of the molecule is O=S(=O)(NC1CCNC2(CCC2)C1)N1CCOCC1. The lowest BCUT2D eigenvalue weighted by Gasteiger charge is -2.48. The van der Waals surface area contributed by atoms with E-state index in [9.17, 15) is 8.42 Å². The Kier molecular flexibility index (Phi) is 3.83. The largest absolute Gasteiger partial charge is 0.379 e. The van der Waals surface area contributed by atoms with Crippen molar-refractivity contribution in [3.05, 3.63) is 0 Å². The first-order valence-corrected chi connectivity index (χ1v) is 8.64. The molecule has 0 amide bonds. The molecule has 3 fully saturated rings. The number of hydrogen-bond acceptors (Lipinski definition) is 4. The summed E-state index contributed by atoms with van der Waals surface area (Å²) < 4.78 is 34.2. The monoisotopic (exact) mass is 289 g/mol. The van der Waals surface area contributed by atoms with Crippen LogP contribution in [0.5, 0.6) is 0 Å². The number of nitrogens with one attached hydrogen (secondary N) is 2. The third kappa shape index (κ3) is 2.95. The molecule has 1 atom stereocenters. The van der Waals surface area contributed by atoms with Gasteiger partial charge >= 0.3 is 0 Å². The van der Waals surface area contributed by atoms with Crippen molar-refractivity contribution in [2.45, 2.75) is 43.7 Å². The Labute approximate surface area is 115 Å². The molecule has 2 N–H and O–H groups in total. The molecule has 2 heterocycles. The second kappa shape index (κ2) is 5.29. The van der Waals surface area contributed by atoms with E-state index < -0.39 is 10.2 Å². The molecule has 110 valence electrons. The Bertz CT molecular complexity index is 416. The normalized spacial score (nSPS) is 32.1. The van der Waals surface area contributed by atoms with Crippen LogP contribution >= 0.6 is 0 Å². The number of nitrogens with zero attached hydrogens (tertiary/aromatic N) is 1. The van der Waals surface area contributed by atoms with E-state index in [0.29, 0.717) is 26.3 Å². The van der Waals surface area contributed by atoms with E-state index in [1.54, 1.807) is 0 Å². The lowest BCUT2D eigenvalue weighted by atomic mass is 9.70. The molecule has 0 aromatic rings. The molecule has 3 aliphatic rings. The van der Waals surface area contributed by atoms with Gasteiger partial charge in [0.15, 0.2) is 0 Å². The highest BCUT2D eigenvalue weighted by molar-refractivity contribution is 7.87. The molecule has 19 heavy (non-hydrogen) atoms. The summed E-state index contributed by atoms with van der Waals surface area (Å²) in [6, 6.07) is 0.0781. The molecule has 0 bridgehead atoms. The minimum absolute atomic E-state index is 0.0781. The van der Waals surface area contributed by atoms with Gasteiger partial charge in [0.25, 0.3) is 10.2 Å². The van der Waals surface area contributed by atoms with Crippen molar-refractivity contribution in [2.24, 2.45) is 0 Å². The van der Waals surface area contributed by atoms with E-state index in [1.165, 1.54) is 23.6 Å². The van der Waals surface area contributed by atoms with Crippen LogP contribution in [0.15, 0.2) is 0 Å². The zero-order valence-electron chi connectivity index (χ0n) is 11.2. The molecule has 1 unspecified atom stereocenters. The van der Waals surface area contributed by atoms with Crippen molar-refractivity contribution in [3.8, 4) is 0 Å². The summed E-state index contributed by atoms with van der Waals surface area (Å²) in [5.41, 5.74) is 0.219. The number of rotatable bonds is 3. The molecule has 6 nitrogen and oxygen atoms in total. The lowest BCUT2D eigenvalue weighted by Crippen LogP contribution is -2.61. The molecule has 2 aliphatic heterocycles. The van der Waals surface area contributed by atoms with Gasteiger partial charge in [-0.1, -0.05) is 0 Å². The van der Waals surface area contributed by atoms with Gasteiger partial charge < -0.3 is 10.1 Å². The van der Waals surface area contributed by atoms with E-state index in [0.717, 1.165) is 19.4 Å². The zero-order chi connectivity index (χ0) is 13.3. The van der Waals surface area contributed by atoms with Crippen molar-refractivity contribution in [1.29, 1.82) is 0 Å². The second-order valence-electron chi connectivity index (χ2n) is 5.88. The third-order valence-corrected chi connectivity index (χ3v) is 6.24. The van der Waals surface area contributed by atoms with Crippen LogP contribution in [0.1, 0.15) is 32.1 Å². The number of ether oxygens (including phenoxy) is 1. The highest BCUT2D eigenvalue weighted by atomic mass is 32.2. The number of morpholine rings is 1. The smallest absolute Gasteiger partial charge is 0.279 e. The molecule has 2 saturated heterocycles. The standard InChI is InChI=1S/C12H23N3O3S/c16-19(17,15-6-8-18-9-7-15)14-11-2-5-13-12(10-11)3-1-4-12/h11,13-14H,1-10H2. The molecule has 0 aromatic carbocycles. The molecule has 0 aromatic heterocycles.